The SMILES string of the molecule is C[C@H](c1ccc(C#N)cc1)N1CCN(c2ccc(OCC(N)=O)cc2Cl)[C@H](c2ccc(Cl)cc2)C1. The fraction of sp³-hybridized carbons (Fsp3) is 0.259. The number of anilines is 1. The summed E-state index contributed by atoms with van der Waals surface area (Å²) < 4.78 is 5.41. The minimum absolute atomic E-state index is 0.0386. The molecule has 0 aromatic heterocycles. The molecule has 3 aromatic rings. The summed E-state index contributed by atoms with van der Waals surface area (Å²) in [6, 6.07) is 23.5. The molecule has 1 saturated heterocycles. The van der Waals surface area contributed by atoms with Crippen LogP contribution in [0, 0.1) is 11.3 Å². The summed E-state index contributed by atoms with van der Waals surface area (Å²) in [5, 5.41) is 10.3. The molecule has 2 atom stereocenters. The van der Waals surface area contributed by atoms with Crippen LogP contribution in [0.1, 0.15) is 35.7 Å². The number of benzene rings is 3. The molecular formula is C27H26Cl2N4O2. The van der Waals surface area contributed by atoms with E-state index in [1.54, 1.807) is 12.1 Å². The molecule has 0 aliphatic carbocycles. The highest BCUT2D eigenvalue weighted by atomic mass is 35.5. The van der Waals surface area contributed by atoms with E-state index in [1.165, 1.54) is 5.56 Å². The molecule has 0 spiro atoms. The first kappa shape index (κ1) is 24.9. The van der Waals surface area contributed by atoms with Crippen LogP contribution in [-0.4, -0.2) is 37.0 Å². The third-order valence-electron chi connectivity index (χ3n) is 6.35. The van der Waals surface area contributed by atoms with Gasteiger partial charge in [-0.05, 0) is 54.4 Å². The number of halogens is 2. The Labute approximate surface area is 215 Å². The van der Waals surface area contributed by atoms with Gasteiger partial charge in [0.2, 0.25) is 0 Å². The van der Waals surface area contributed by atoms with Gasteiger partial charge in [-0.2, -0.15) is 5.26 Å². The molecule has 8 heteroatoms. The van der Waals surface area contributed by atoms with Gasteiger partial charge in [0.25, 0.3) is 5.91 Å². The van der Waals surface area contributed by atoms with Gasteiger partial charge in [-0.15, -0.1) is 0 Å². The van der Waals surface area contributed by atoms with Crippen LogP contribution in [0.5, 0.6) is 5.75 Å². The lowest BCUT2D eigenvalue weighted by atomic mass is 9.98. The molecule has 3 aromatic carbocycles. The minimum Gasteiger partial charge on any atom is -0.484 e. The Morgan fingerprint density at radius 1 is 1.11 bits per heavy atom. The van der Waals surface area contributed by atoms with Crippen molar-refractivity contribution >= 4 is 34.8 Å². The topological polar surface area (TPSA) is 82.6 Å². The molecule has 0 saturated carbocycles. The number of hydrogen-bond acceptors (Lipinski definition) is 5. The van der Waals surface area contributed by atoms with Crippen LogP contribution in [-0.2, 0) is 4.79 Å². The first-order valence-corrected chi connectivity index (χ1v) is 12.1. The number of carbonyl (C=O) groups is 1. The first-order chi connectivity index (χ1) is 16.9. The molecule has 6 nitrogen and oxygen atoms in total. The van der Waals surface area contributed by atoms with Gasteiger partial charge in [0.05, 0.1) is 28.4 Å². The summed E-state index contributed by atoms with van der Waals surface area (Å²) in [6.07, 6.45) is 0. The third-order valence-corrected chi connectivity index (χ3v) is 6.90. The van der Waals surface area contributed by atoms with Gasteiger partial charge in [-0.25, -0.2) is 0 Å². The standard InChI is InChI=1S/C27H26Cl2N4O2/c1-18(20-4-2-19(15-30)3-5-20)32-12-13-33(26(16-32)21-6-8-22(28)9-7-21)25-11-10-23(14-24(25)29)35-17-27(31)34/h2-11,14,18,26H,12-13,16-17H2,1H3,(H2,31,34)/t18-,26+/m1/s1. The van der Waals surface area contributed by atoms with Gasteiger partial charge in [-0.3, -0.25) is 9.69 Å². The van der Waals surface area contributed by atoms with Crippen molar-refractivity contribution in [2.45, 2.75) is 19.0 Å². The van der Waals surface area contributed by atoms with Gasteiger partial charge >= 0.3 is 0 Å². The van der Waals surface area contributed by atoms with Gasteiger partial charge in [0, 0.05) is 36.8 Å². The third kappa shape index (κ3) is 5.88. The van der Waals surface area contributed by atoms with Crippen LogP contribution in [0.3, 0.4) is 0 Å². The smallest absolute Gasteiger partial charge is 0.255 e. The van der Waals surface area contributed by atoms with Gasteiger partial charge in [-0.1, -0.05) is 47.5 Å². The van der Waals surface area contributed by atoms with E-state index in [4.69, 9.17) is 38.9 Å². The van der Waals surface area contributed by atoms with E-state index in [0.717, 1.165) is 30.9 Å². The summed E-state index contributed by atoms with van der Waals surface area (Å²) in [4.78, 5) is 15.8. The molecule has 180 valence electrons. The lowest BCUT2D eigenvalue weighted by Crippen LogP contribution is -2.49. The van der Waals surface area contributed by atoms with Crippen molar-refractivity contribution in [3.8, 4) is 11.8 Å². The first-order valence-electron chi connectivity index (χ1n) is 11.3. The van der Waals surface area contributed by atoms with Crippen molar-refractivity contribution in [1.82, 2.24) is 4.90 Å². The monoisotopic (exact) mass is 508 g/mol. The number of amides is 1. The van der Waals surface area contributed by atoms with E-state index in [-0.39, 0.29) is 18.7 Å². The van der Waals surface area contributed by atoms with Crippen molar-refractivity contribution in [1.29, 1.82) is 5.26 Å². The van der Waals surface area contributed by atoms with E-state index in [0.29, 0.717) is 21.4 Å². The number of nitrogens with two attached hydrogens (primary N) is 1. The number of ether oxygens (including phenoxy) is 1. The van der Waals surface area contributed by atoms with E-state index >= 15 is 0 Å². The van der Waals surface area contributed by atoms with E-state index in [2.05, 4.69) is 22.8 Å². The summed E-state index contributed by atoms with van der Waals surface area (Å²) in [5.41, 5.74) is 9.03. The fourth-order valence-corrected chi connectivity index (χ4v) is 4.83. The molecule has 2 N–H and O–H groups in total. The fourth-order valence-electron chi connectivity index (χ4n) is 4.43. The molecular weight excluding hydrogens is 483 g/mol. The summed E-state index contributed by atoms with van der Waals surface area (Å²) >= 11 is 12.8. The molecule has 1 heterocycles. The second kappa shape index (κ2) is 11.0. The van der Waals surface area contributed by atoms with Gasteiger partial charge in [0.15, 0.2) is 6.61 Å². The Morgan fingerprint density at radius 3 is 2.46 bits per heavy atom. The van der Waals surface area contributed by atoms with Crippen LogP contribution in [0.4, 0.5) is 5.69 Å². The number of hydrogen-bond donors (Lipinski definition) is 1. The van der Waals surface area contributed by atoms with Crippen LogP contribution >= 0.6 is 23.2 Å². The molecule has 35 heavy (non-hydrogen) atoms. The summed E-state index contributed by atoms with van der Waals surface area (Å²) in [5.74, 6) is -0.0471. The average molecular weight is 509 g/mol. The van der Waals surface area contributed by atoms with Crippen molar-refractivity contribution in [2.75, 3.05) is 31.1 Å². The number of piperazine rings is 1. The Morgan fingerprint density at radius 2 is 1.83 bits per heavy atom. The lowest BCUT2D eigenvalue weighted by molar-refractivity contribution is -0.119. The van der Waals surface area contributed by atoms with Crippen LogP contribution in [0.2, 0.25) is 10.0 Å². The Bertz CT molecular complexity index is 1230. The highest BCUT2D eigenvalue weighted by Gasteiger charge is 2.32. The molecule has 1 amide bonds. The number of nitrogens with zero attached hydrogens (tertiary/aromatic N) is 3. The van der Waals surface area contributed by atoms with Crippen molar-refractivity contribution in [2.24, 2.45) is 5.73 Å². The van der Waals surface area contributed by atoms with Crippen molar-refractivity contribution in [3.63, 3.8) is 0 Å². The number of primary amides is 1. The van der Waals surface area contributed by atoms with Gasteiger partial charge < -0.3 is 15.4 Å². The summed E-state index contributed by atoms with van der Waals surface area (Å²) in [7, 11) is 0. The van der Waals surface area contributed by atoms with Crippen molar-refractivity contribution < 1.29 is 9.53 Å². The molecule has 0 radical (unpaired) electrons. The van der Waals surface area contributed by atoms with E-state index < -0.39 is 5.91 Å². The molecule has 1 aliphatic heterocycles. The zero-order chi connectivity index (χ0) is 24.9. The maximum absolute atomic E-state index is 11.0. The molecule has 0 bridgehead atoms. The Hall–Kier alpha value is -3.24. The van der Waals surface area contributed by atoms with Crippen LogP contribution < -0.4 is 15.4 Å². The number of rotatable bonds is 7. The largest absolute Gasteiger partial charge is 0.484 e. The molecule has 1 aliphatic rings. The number of nitriles is 1. The quantitative estimate of drug-likeness (QED) is 0.464. The van der Waals surface area contributed by atoms with Crippen LogP contribution in [0.25, 0.3) is 0 Å². The maximum Gasteiger partial charge on any atom is 0.255 e. The number of carbonyl (C=O) groups excluding carboxylic acids is 1. The second-order valence-corrected chi connectivity index (χ2v) is 9.38. The zero-order valence-electron chi connectivity index (χ0n) is 19.3. The van der Waals surface area contributed by atoms with Crippen LogP contribution in [0.15, 0.2) is 66.7 Å². The normalized spacial score (nSPS) is 17.0. The Kier molecular flexibility index (Phi) is 7.82. The predicted molar refractivity (Wildman–Crippen MR) is 139 cm³/mol. The Balaban J connectivity index is 1.61. The molecule has 1 fully saturated rings. The molecule has 0 unspecified atom stereocenters. The average Bonchev–Trinajstić information content (AvgIpc) is 2.87. The predicted octanol–water partition coefficient (Wildman–Crippen LogP) is 5.35. The second-order valence-electron chi connectivity index (χ2n) is 8.53. The highest BCUT2D eigenvalue weighted by molar-refractivity contribution is 6.33. The minimum atomic E-state index is -0.541. The maximum atomic E-state index is 11.0. The van der Waals surface area contributed by atoms with Crippen molar-refractivity contribution in [3.05, 3.63) is 93.5 Å². The van der Waals surface area contributed by atoms with E-state index in [9.17, 15) is 4.79 Å². The zero-order valence-corrected chi connectivity index (χ0v) is 20.8. The van der Waals surface area contributed by atoms with E-state index in [1.807, 2.05) is 54.6 Å². The highest BCUT2D eigenvalue weighted by Crippen LogP contribution is 2.39. The molecule has 4 rings (SSSR count). The lowest BCUT2D eigenvalue weighted by Gasteiger charge is -2.45. The summed E-state index contributed by atoms with van der Waals surface area (Å²) in [6.45, 7) is 4.36. The van der Waals surface area contributed by atoms with Gasteiger partial charge in [0.1, 0.15) is 5.75 Å².